The average Bonchev–Trinajstić information content (AvgIpc) is 2.93. The van der Waals surface area contributed by atoms with Gasteiger partial charge < -0.3 is 13.9 Å². The molecule has 0 aliphatic heterocycles. The molecule has 0 saturated carbocycles. The van der Waals surface area contributed by atoms with Crippen LogP contribution in [0.25, 0.3) is 0 Å². The van der Waals surface area contributed by atoms with Crippen molar-refractivity contribution >= 4 is 5.97 Å². The van der Waals surface area contributed by atoms with Crippen molar-refractivity contribution in [2.24, 2.45) is 0 Å². The second kappa shape index (κ2) is 6.46. The van der Waals surface area contributed by atoms with Gasteiger partial charge in [-0.3, -0.25) is 0 Å². The molecule has 9 heteroatoms. The lowest BCUT2D eigenvalue weighted by Crippen LogP contribution is -2.17. The van der Waals surface area contributed by atoms with Gasteiger partial charge in [-0.25, -0.2) is 14.8 Å². The van der Waals surface area contributed by atoms with Gasteiger partial charge in [-0.15, -0.1) is 13.2 Å². The lowest BCUT2D eigenvalue weighted by Gasteiger charge is -2.07. The van der Waals surface area contributed by atoms with E-state index in [0.29, 0.717) is 24.3 Å². The van der Waals surface area contributed by atoms with Gasteiger partial charge in [0.2, 0.25) is 5.88 Å². The highest BCUT2D eigenvalue weighted by atomic mass is 19.4. The number of aromatic nitrogens is 2. The van der Waals surface area contributed by atoms with Crippen LogP contribution in [-0.4, -0.2) is 29.4 Å². The molecule has 0 radical (unpaired) electrons. The van der Waals surface area contributed by atoms with Crippen LogP contribution in [0.5, 0.6) is 5.88 Å². The molecule has 0 aliphatic rings. The number of carbonyl (C=O) groups is 1. The highest BCUT2D eigenvalue weighted by molar-refractivity contribution is 5.86. The molecule has 0 saturated heterocycles. The van der Waals surface area contributed by atoms with E-state index in [2.05, 4.69) is 19.4 Å². The van der Waals surface area contributed by atoms with E-state index in [1.165, 1.54) is 25.6 Å². The Balaban J connectivity index is 1.91. The number of rotatable bonds is 5. The molecule has 2 aromatic heterocycles. The number of pyridine rings is 1. The Morgan fingerprint density at radius 2 is 2.09 bits per heavy atom. The van der Waals surface area contributed by atoms with Crippen LogP contribution < -0.4 is 4.74 Å². The fourth-order valence-electron chi connectivity index (χ4n) is 1.61. The third kappa shape index (κ3) is 4.47. The molecule has 2 aromatic rings. The number of aryl methyl sites for hydroxylation is 2. The van der Waals surface area contributed by atoms with E-state index in [-0.39, 0.29) is 5.69 Å². The first-order valence-corrected chi connectivity index (χ1v) is 6.11. The summed E-state index contributed by atoms with van der Waals surface area (Å²) in [6, 6.07) is 2.58. The Morgan fingerprint density at radius 1 is 1.32 bits per heavy atom. The summed E-state index contributed by atoms with van der Waals surface area (Å²) in [6.45, 7) is 0. The largest absolute Gasteiger partial charge is 0.574 e. The first-order valence-electron chi connectivity index (χ1n) is 6.11. The van der Waals surface area contributed by atoms with Crippen LogP contribution in [0.4, 0.5) is 13.2 Å². The maximum absolute atomic E-state index is 12.0. The predicted molar refractivity (Wildman–Crippen MR) is 66.2 cm³/mol. The van der Waals surface area contributed by atoms with Crippen molar-refractivity contribution in [2.45, 2.75) is 19.2 Å². The number of halogens is 3. The molecule has 0 unspecified atom stereocenters. The number of carbonyl (C=O) groups excluding carboxylic acids is 1. The summed E-state index contributed by atoms with van der Waals surface area (Å²) in [7, 11) is 1.23. The number of methoxy groups -OCH3 is 1. The number of ether oxygens (including phenoxy) is 2. The SMILES string of the molecule is COC(=O)c1coc(CCc2ccc(OC(F)(F)F)nc2)n1. The summed E-state index contributed by atoms with van der Waals surface area (Å²) < 4.78 is 49.2. The second-order valence-electron chi connectivity index (χ2n) is 4.17. The third-order valence-electron chi connectivity index (χ3n) is 2.59. The van der Waals surface area contributed by atoms with Crippen molar-refractivity contribution in [2.75, 3.05) is 7.11 Å². The molecule has 22 heavy (non-hydrogen) atoms. The molecule has 2 heterocycles. The molecule has 0 atom stereocenters. The first-order chi connectivity index (χ1) is 10.4. The van der Waals surface area contributed by atoms with E-state index in [1.54, 1.807) is 0 Å². The van der Waals surface area contributed by atoms with Gasteiger partial charge in [0.25, 0.3) is 0 Å². The molecule has 0 fully saturated rings. The molecule has 0 spiro atoms. The Morgan fingerprint density at radius 3 is 2.68 bits per heavy atom. The standard InChI is InChI=1S/C13H11F3N2O4/c1-20-12(19)9-7-21-11(18-9)5-3-8-2-4-10(17-6-8)22-13(14,15)16/h2,4,6-7H,3,5H2,1H3. The lowest BCUT2D eigenvalue weighted by molar-refractivity contribution is -0.276. The molecular formula is C13H11F3N2O4. The van der Waals surface area contributed by atoms with Crippen LogP contribution in [0.2, 0.25) is 0 Å². The zero-order valence-corrected chi connectivity index (χ0v) is 11.4. The molecule has 118 valence electrons. The van der Waals surface area contributed by atoms with E-state index in [4.69, 9.17) is 4.42 Å². The fourth-order valence-corrected chi connectivity index (χ4v) is 1.61. The monoisotopic (exact) mass is 316 g/mol. The van der Waals surface area contributed by atoms with E-state index >= 15 is 0 Å². The van der Waals surface area contributed by atoms with Crippen LogP contribution in [-0.2, 0) is 17.6 Å². The minimum atomic E-state index is -4.77. The molecule has 2 rings (SSSR count). The van der Waals surface area contributed by atoms with Gasteiger partial charge in [0.1, 0.15) is 6.26 Å². The van der Waals surface area contributed by atoms with E-state index in [1.807, 2.05) is 0 Å². The van der Waals surface area contributed by atoms with Crippen LogP contribution in [0.1, 0.15) is 21.9 Å². The van der Waals surface area contributed by atoms with Crippen molar-refractivity contribution < 1.29 is 31.9 Å². The number of oxazole rings is 1. The maximum Gasteiger partial charge on any atom is 0.574 e. The van der Waals surface area contributed by atoms with Crippen molar-refractivity contribution in [3.8, 4) is 5.88 Å². The fraction of sp³-hybridized carbons (Fsp3) is 0.308. The van der Waals surface area contributed by atoms with E-state index < -0.39 is 18.2 Å². The van der Waals surface area contributed by atoms with Crippen molar-refractivity contribution in [3.05, 3.63) is 41.7 Å². The molecule has 0 aromatic carbocycles. The molecule has 0 amide bonds. The lowest BCUT2D eigenvalue weighted by atomic mass is 10.1. The first kappa shape index (κ1) is 15.8. The van der Waals surface area contributed by atoms with Crippen LogP contribution in [0, 0.1) is 0 Å². The minimum Gasteiger partial charge on any atom is -0.464 e. The van der Waals surface area contributed by atoms with Gasteiger partial charge in [0.05, 0.1) is 7.11 Å². The predicted octanol–water partition coefficient (Wildman–Crippen LogP) is 2.54. The topological polar surface area (TPSA) is 74.5 Å². The summed E-state index contributed by atoms with van der Waals surface area (Å²) in [4.78, 5) is 18.7. The molecule has 0 aliphatic carbocycles. The van der Waals surface area contributed by atoms with Gasteiger partial charge in [-0.2, -0.15) is 0 Å². The molecule has 6 nitrogen and oxygen atoms in total. The van der Waals surface area contributed by atoms with Crippen LogP contribution >= 0.6 is 0 Å². The summed E-state index contributed by atoms with van der Waals surface area (Å²) in [5.74, 6) is -0.818. The van der Waals surface area contributed by atoms with Gasteiger partial charge in [-0.05, 0) is 12.0 Å². The highest BCUT2D eigenvalue weighted by Crippen LogP contribution is 2.20. The number of esters is 1. The Labute approximate surface area is 122 Å². The van der Waals surface area contributed by atoms with Crippen molar-refractivity contribution in [1.82, 2.24) is 9.97 Å². The summed E-state index contributed by atoms with van der Waals surface area (Å²) >= 11 is 0. The quantitative estimate of drug-likeness (QED) is 0.789. The molecule has 0 N–H and O–H groups in total. The van der Waals surface area contributed by atoms with Crippen molar-refractivity contribution in [3.63, 3.8) is 0 Å². The number of alkyl halides is 3. The Kier molecular flexibility index (Phi) is 4.64. The van der Waals surface area contributed by atoms with Crippen LogP contribution in [0.15, 0.2) is 29.0 Å². The zero-order chi connectivity index (χ0) is 16.2. The third-order valence-corrected chi connectivity index (χ3v) is 2.59. The molecular weight excluding hydrogens is 305 g/mol. The number of nitrogens with zero attached hydrogens (tertiary/aromatic N) is 2. The number of hydrogen-bond acceptors (Lipinski definition) is 6. The summed E-state index contributed by atoms with van der Waals surface area (Å²) in [5, 5.41) is 0. The maximum atomic E-state index is 12.0. The van der Waals surface area contributed by atoms with Gasteiger partial charge in [-0.1, -0.05) is 6.07 Å². The summed E-state index contributed by atoms with van der Waals surface area (Å²) in [5.41, 5.74) is 0.733. The summed E-state index contributed by atoms with van der Waals surface area (Å²) in [6.07, 6.45) is -1.53. The zero-order valence-electron chi connectivity index (χ0n) is 11.4. The highest BCUT2D eigenvalue weighted by Gasteiger charge is 2.31. The van der Waals surface area contributed by atoms with Crippen LogP contribution in [0.3, 0.4) is 0 Å². The van der Waals surface area contributed by atoms with E-state index in [9.17, 15) is 18.0 Å². The normalized spacial score (nSPS) is 11.3. The molecule has 0 bridgehead atoms. The Hall–Kier alpha value is -2.58. The second-order valence-corrected chi connectivity index (χ2v) is 4.17. The average molecular weight is 316 g/mol. The van der Waals surface area contributed by atoms with E-state index in [0.717, 1.165) is 6.07 Å². The smallest absolute Gasteiger partial charge is 0.464 e. The Bertz CT molecular complexity index is 637. The minimum absolute atomic E-state index is 0.0598. The van der Waals surface area contributed by atoms with Crippen molar-refractivity contribution in [1.29, 1.82) is 0 Å². The van der Waals surface area contributed by atoms with Gasteiger partial charge in [0, 0.05) is 18.7 Å². The van der Waals surface area contributed by atoms with Gasteiger partial charge in [0.15, 0.2) is 11.6 Å². The van der Waals surface area contributed by atoms with Gasteiger partial charge >= 0.3 is 12.3 Å². The number of hydrogen-bond donors (Lipinski definition) is 0.